The Morgan fingerprint density at radius 3 is 2.47 bits per heavy atom. The Morgan fingerprint density at radius 2 is 2.06 bits per heavy atom. The molecule has 0 aliphatic rings. The second-order valence-electron chi connectivity index (χ2n) is 4.53. The van der Waals surface area contributed by atoms with Crippen molar-refractivity contribution in [3.05, 3.63) is 17.0 Å². The molecule has 0 aliphatic heterocycles. The van der Waals surface area contributed by atoms with Crippen molar-refractivity contribution in [3.8, 4) is 0 Å². The number of rotatable bonds is 4. The number of carbonyl (C=O) groups excluding carboxylic acids is 1. The lowest BCUT2D eigenvalue weighted by atomic mass is 9.98. The number of nitrogens with zero attached hydrogens (tertiary/aromatic N) is 2. The van der Waals surface area contributed by atoms with Crippen LogP contribution in [0, 0.1) is 13.8 Å². The molecule has 2 unspecified atom stereocenters. The Morgan fingerprint density at radius 1 is 1.47 bits per heavy atom. The smallest absolute Gasteiger partial charge is 0.229 e. The van der Waals surface area contributed by atoms with E-state index in [4.69, 9.17) is 4.52 Å². The standard InChI is InChI=1S/C12H20N2O3/c1-7(15)6-14(5)12(16)8(2)11-9(3)13-17-10(11)4/h7-8,15H,6H2,1-5H3. The molecule has 0 spiro atoms. The molecule has 1 amide bonds. The molecule has 1 rings (SSSR count). The summed E-state index contributed by atoms with van der Waals surface area (Å²) in [6.45, 7) is 7.43. The molecule has 0 aromatic carbocycles. The number of aryl methyl sites for hydroxylation is 2. The lowest BCUT2D eigenvalue weighted by molar-refractivity contribution is -0.132. The van der Waals surface area contributed by atoms with E-state index < -0.39 is 6.10 Å². The van der Waals surface area contributed by atoms with Gasteiger partial charge in [-0.05, 0) is 27.7 Å². The fourth-order valence-corrected chi connectivity index (χ4v) is 2.05. The lowest BCUT2D eigenvalue weighted by Crippen LogP contribution is -2.36. The van der Waals surface area contributed by atoms with Gasteiger partial charge in [-0.25, -0.2) is 0 Å². The predicted octanol–water partition coefficient (Wildman–Crippen LogP) is 1.23. The minimum absolute atomic E-state index is 0.0414. The second kappa shape index (κ2) is 5.31. The molecule has 2 atom stereocenters. The quantitative estimate of drug-likeness (QED) is 0.859. The highest BCUT2D eigenvalue weighted by molar-refractivity contribution is 5.83. The Hall–Kier alpha value is -1.36. The molecule has 0 saturated heterocycles. The largest absolute Gasteiger partial charge is 0.392 e. The van der Waals surface area contributed by atoms with Gasteiger partial charge < -0.3 is 14.5 Å². The SMILES string of the molecule is Cc1noc(C)c1C(C)C(=O)N(C)CC(C)O. The van der Waals surface area contributed by atoms with Crippen LogP contribution in [0.3, 0.4) is 0 Å². The maximum absolute atomic E-state index is 12.1. The fourth-order valence-electron chi connectivity index (χ4n) is 2.05. The summed E-state index contributed by atoms with van der Waals surface area (Å²) in [4.78, 5) is 13.7. The highest BCUT2D eigenvalue weighted by atomic mass is 16.5. The van der Waals surface area contributed by atoms with Gasteiger partial charge in [0.1, 0.15) is 5.76 Å². The summed E-state index contributed by atoms with van der Waals surface area (Å²) in [5, 5.41) is 13.1. The molecule has 1 aromatic rings. The van der Waals surface area contributed by atoms with E-state index in [1.54, 1.807) is 20.9 Å². The molecule has 0 fully saturated rings. The molecule has 0 saturated carbocycles. The molecule has 5 nitrogen and oxygen atoms in total. The highest BCUT2D eigenvalue weighted by Crippen LogP contribution is 2.24. The third-order valence-electron chi connectivity index (χ3n) is 2.81. The average Bonchev–Trinajstić information content (AvgIpc) is 2.55. The monoisotopic (exact) mass is 240 g/mol. The number of aliphatic hydroxyl groups excluding tert-OH is 1. The van der Waals surface area contributed by atoms with Gasteiger partial charge in [0.25, 0.3) is 0 Å². The maximum Gasteiger partial charge on any atom is 0.229 e. The molecule has 1 aromatic heterocycles. The van der Waals surface area contributed by atoms with Crippen molar-refractivity contribution in [2.24, 2.45) is 0 Å². The molecule has 1 heterocycles. The third kappa shape index (κ3) is 3.06. The first-order valence-electron chi connectivity index (χ1n) is 5.70. The average molecular weight is 240 g/mol. The van der Waals surface area contributed by atoms with Crippen LogP contribution in [0.5, 0.6) is 0 Å². The van der Waals surface area contributed by atoms with Crippen molar-refractivity contribution < 1.29 is 14.4 Å². The zero-order valence-electron chi connectivity index (χ0n) is 11.0. The van der Waals surface area contributed by atoms with Crippen molar-refractivity contribution >= 4 is 5.91 Å². The first-order chi connectivity index (χ1) is 7.84. The van der Waals surface area contributed by atoms with Gasteiger partial charge in [0.2, 0.25) is 5.91 Å². The topological polar surface area (TPSA) is 66.6 Å². The van der Waals surface area contributed by atoms with Gasteiger partial charge >= 0.3 is 0 Å². The second-order valence-corrected chi connectivity index (χ2v) is 4.53. The molecule has 17 heavy (non-hydrogen) atoms. The normalized spacial score (nSPS) is 14.5. The number of aliphatic hydroxyl groups is 1. The van der Waals surface area contributed by atoms with Crippen LogP contribution < -0.4 is 0 Å². The fraction of sp³-hybridized carbons (Fsp3) is 0.667. The van der Waals surface area contributed by atoms with Crippen molar-refractivity contribution in [2.75, 3.05) is 13.6 Å². The molecule has 1 N–H and O–H groups in total. The van der Waals surface area contributed by atoms with Crippen LogP contribution in [0.2, 0.25) is 0 Å². The van der Waals surface area contributed by atoms with Crippen LogP contribution in [-0.4, -0.2) is 40.8 Å². The van der Waals surface area contributed by atoms with Crippen molar-refractivity contribution in [1.82, 2.24) is 10.1 Å². The summed E-state index contributed by atoms with van der Waals surface area (Å²) >= 11 is 0. The van der Waals surface area contributed by atoms with Gasteiger partial charge in [-0.1, -0.05) is 5.16 Å². The number of likely N-dealkylation sites (N-methyl/N-ethyl adjacent to an activating group) is 1. The van der Waals surface area contributed by atoms with Gasteiger partial charge in [-0.15, -0.1) is 0 Å². The van der Waals surface area contributed by atoms with Gasteiger partial charge in [0, 0.05) is 19.2 Å². The van der Waals surface area contributed by atoms with Crippen LogP contribution in [0.1, 0.15) is 36.8 Å². The van der Waals surface area contributed by atoms with E-state index in [1.807, 2.05) is 13.8 Å². The van der Waals surface area contributed by atoms with Crippen LogP contribution in [0.15, 0.2) is 4.52 Å². The van der Waals surface area contributed by atoms with Crippen LogP contribution >= 0.6 is 0 Å². The Labute approximate surface area is 101 Å². The molecular formula is C12H20N2O3. The van der Waals surface area contributed by atoms with Crippen LogP contribution in [0.4, 0.5) is 0 Å². The molecule has 96 valence electrons. The summed E-state index contributed by atoms with van der Waals surface area (Å²) in [5.41, 5.74) is 1.58. The van der Waals surface area contributed by atoms with E-state index in [-0.39, 0.29) is 11.8 Å². The number of aromatic nitrogens is 1. The molecule has 5 heteroatoms. The summed E-state index contributed by atoms with van der Waals surface area (Å²) < 4.78 is 5.06. The highest BCUT2D eigenvalue weighted by Gasteiger charge is 2.25. The molecule has 0 radical (unpaired) electrons. The van der Waals surface area contributed by atoms with E-state index in [0.29, 0.717) is 12.3 Å². The number of hydrogen-bond donors (Lipinski definition) is 1. The van der Waals surface area contributed by atoms with Gasteiger partial charge in [0.05, 0.1) is 17.7 Å². The van der Waals surface area contributed by atoms with E-state index in [1.165, 1.54) is 4.90 Å². The van der Waals surface area contributed by atoms with Crippen LogP contribution in [0.25, 0.3) is 0 Å². The first kappa shape index (κ1) is 13.7. The zero-order valence-corrected chi connectivity index (χ0v) is 11.0. The van der Waals surface area contributed by atoms with Crippen LogP contribution in [-0.2, 0) is 4.79 Å². The van der Waals surface area contributed by atoms with E-state index in [0.717, 1.165) is 11.3 Å². The van der Waals surface area contributed by atoms with Crippen molar-refractivity contribution in [1.29, 1.82) is 0 Å². The van der Waals surface area contributed by atoms with Gasteiger partial charge in [-0.2, -0.15) is 0 Å². The third-order valence-corrected chi connectivity index (χ3v) is 2.81. The Balaban J connectivity index is 2.83. The molecule has 0 bridgehead atoms. The first-order valence-corrected chi connectivity index (χ1v) is 5.70. The van der Waals surface area contributed by atoms with Gasteiger partial charge in [0.15, 0.2) is 0 Å². The predicted molar refractivity (Wildman–Crippen MR) is 63.7 cm³/mol. The number of amides is 1. The van der Waals surface area contributed by atoms with Crippen molar-refractivity contribution in [3.63, 3.8) is 0 Å². The maximum atomic E-state index is 12.1. The molecule has 0 aliphatic carbocycles. The summed E-state index contributed by atoms with van der Waals surface area (Å²) in [6, 6.07) is 0. The number of carbonyl (C=O) groups is 1. The summed E-state index contributed by atoms with van der Waals surface area (Å²) in [5.74, 6) is 0.332. The van der Waals surface area contributed by atoms with Crippen molar-refractivity contribution in [2.45, 2.75) is 39.7 Å². The van der Waals surface area contributed by atoms with E-state index in [9.17, 15) is 9.90 Å². The summed E-state index contributed by atoms with van der Waals surface area (Å²) in [7, 11) is 1.68. The minimum Gasteiger partial charge on any atom is -0.392 e. The zero-order chi connectivity index (χ0) is 13.2. The summed E-state index contributed by atoms with van der Waals surface area (Å²) in [6.07, 6.45) is -0.527. The minimum atomic E-state index is -0.527. The van der Waals surface area contributed by atoms with E-state index in [2.05, 4.69) is 5.16 Å². The van der Waals surface area contributed by atoms with E-state index >= 15 is 0 Å². The lowest BCUT2D eigenvalue weighted by Gasteiger charge is -2.22. The number of hydrogen-bond acceptors (Lipinski definition) is 4. The molecular weight excluding hydrogens is 220 g/mol. The Bertz CT molecular complexity index is 379. The van der Waals surface area contributed by atoms with Gasteiger partial charge in [-0.3, -0.25) is 4.79 Å². The Kier molecular flexibility index (Phi) is 4.28.